The standard InChI is InChI=1S/C14H11O.C12H11O.Fe/c15-14(13-8-4-5-9-13)11-10-12-6-2-1-3-7-12;1-13-12-8-6-11(7-9-12)10-4-2-3-5-10;/h1-11H;2-9H,1H3;/q-5;-1;. The van der Waals surface area contributed by atoms with Gasteiger partial charge in [-0.25, -0.2) is 0 Å². The summed E-state index contributed by atoms with van der Waals surface area (Å²) in [7, 11) is 1.68. The summed E-state index contributed by atoms with van der Waals surface area (Å²) in [6.07, 6.45) is 3.43. The summed E-state index contributed by atoms with van der Waals surface area (Å²) in [5, 5.41) is 0. The molecule has 3 heteroatoms. The first kappa shape index (κ1) is 22.2. The second-order valence-corrected chi connectivity index (χ2v) is 6.18. The van der Waals surface area contributed by atoms with Gasteiger partial charge in [-0.2, -0.15) is 18.2 Å². The van der Waals surface area contributed by atoms with Crippen molar-refractivity contribution in [3.8, 4) is 16.9 Å². The van der Waals surface area contributed by atoms with Gasteiger partial charge in [0.25, 0.3) is 0 Å². The van der Waals surface area contributed by atoms with Crippen LogP contribution >= 0.6 is 0 Å². The van der Waals surface area contributed by atoms with Gasteiger partial charge in [0.2, 0.25) is 0 Å². The van der Waals surface area contributed by atoms with Crippen LogP contribution in [0.25, 0.3) is 17.2 Å². The Morgan fingerprint density at radius 2 is 1.52 bits per heavy atom. The van der Waals surface area contributed by atoms with Crippen LogP contribution in [-0.4, -0.2) is 12.9 Å². The Bertz CT molecular complexity index is 981. The molecule has 0 aromatic heterocycles. The van der Waals surface area contributed by atoms with Gasteiger partial charge in [-0.3, -0.25) is 0 Å². The summed E-state index contributed by atoms with van der Waals surface area (Å²) in [5.41, 5.74) is 4.26. The molecule has 0 unspecified atom stereocenters. The van der Waals surface area contributed by atoms with Gasteiger partial charge in [0.1, 0.15) is 5.75 Å². The quantitative estimate of drug-likeness (QED) is 0.161. The van der Waals surface area contributed by atoms with Crippen molar-refractivity contribution in [2.75, 3.05) is 7.11 Å². The number of hydrogen-bond donors (Lipinski definition) is 0. The van der Waals surface area contributed by atoms with Gasteiger partial charge in [-0.15, -0.1) is 29.8 Å². The zero-order chi connectivity index (χ0) is 19.6. The Kier molecular flexibility index (Phi) is 8.91. The van der Waals surface area contributed by atoms with Crippen LogP contribution in [-0.2, 0) is 17.1 Å². The molecule has 0 heterocycles. The molecule has 0 aliphatic carbocycles. The Morgan fingerprint density at radius 1 is 0.897 bits per heavy atom. The van der Waals surface area contributed by atoms with E-state index in [2.05, 4.69) is 24.3 Å². The number of rotatable bonds is 5. The summed E-state index contributed by atoms with van der Waals surface area (Å²) < 4.78 is 5.09. The number of hydrogen-bond acceptors (Lipinski definition) is 2. The van der Waals surface area contributed by atoms with Crippen LogP contribution in [0.3, 0.4) is 0 Å². The van der Waals surface area contributed by atoms with Crippen molar-refractivity contribution in [2.24, 2.45) is 0 Å². The minimum Gasteiger partial charge on any atom is -0.645 e. The third kappa shape index (κ3) is 6.76. The number of ketones is 1. The molecule has 0 radical (unpaired) electrons. The summed E-state index contributed by atoms with van der Waals surface area (Å²) in [6.45, 7) is 0. The number of carbonyl (C=O) groups is 1. The molecular formula is C26H22FeO2-6. The van der Waals surface area contributed by atoms with E-state index in [9.17, 15) is 4.79 Å². The van der Waals surface area contributed by atoms with Crippen LogP contribution in [0.2, 0.25) is 0 Å². The molecule has 4 aromatic carbocycles. The van der Waals surface area contributed by atoms with E-state index >= 15 is 0 Å². The molecule has 0 N–H and O–H groups in total. The fraction of sp³-hybridized carbons (Fsp3) is 0.0385. The van der Waals surface area contributed by atoms with Crippen molar-refractivity contribution in [2.45, 2.75) is 0 Å². The molecule has 0 saturated heterocycles. The molecule has 0 fully saturated rings. The zero-order valence-electron chi connectivity index (χ0n) is 16.1. The first-order chi connectivity index (χ1) is 13.8. The van der Waals surface area contributed by atoms with E-state index in [1.54, 1.807) is 13.2 Å². The predicted octanol–water partition coefficient (Wildman–Crippen LogP) is 6.38. The first-order valence-electron chi connectivity index (χ1n) is 9.11. The fourth-order valence-corrected chi connectivity index (χ4v) is 2.72. The largest absolute Gasteiger partial charge is 0.645 e. The summed E-state index contributed by atoms with van der Waals surface area (Å²) in [4.78, 5) is 11.6. The number of methoxy groups -OCH3 is 1. The number of benzene rings is 2. The molecule has 0 atom stereocenters. The van der Waals surface area contributed by atoms with Crippen LogP contribution in [0.15, 0.2) is 109 Å². The van der Waals surface area contributed by atoms with Gasteiger partial charge in [-0.1, -0.05) is 53.6 Å². The SMILES string of the molecule is COc1ccc(-[c-]2cccc2)cc1.O=C(C=Cc1ccccc1)[c-]1[cH-][cH-][cH-][cH-]1.[Fe]. The maximum absolute atomic E-state index is 11.6. The monoisotopic (exact) mass is 422 g/mol. The Hall–Kier alpha value is -3.13. The van der Waals surface area contributed by atoms with Crippen LogP contribution in [0.1, 0.15) is 15.9 Å². The zero-order valence-corrected chi connectivity index (χ0v) is 17.2. The maximum atomic E-state index is 11.6. The maximum Gasteiger partial charge on any atom is 0.104 e. The second kappa shape index (κ2) is 11.7. The Labute approximate surface area is 182 Å². The molecule has 4 aromatic rings. The van der Waals surface area contributed by atoms with Crippen molar-refractivity contribution in [1.29, 1.82) is 0 Å². The van der Waals surface area contributed by atoms with E-state index in [-0.39, 0.29) is 22.9 Å². The van der Waals surface area contributed by atoms with Gasteiger partial charge < -0.3 is 51.2 Å². The fourth-order valence-electron chi connectivity index (χ4n) is 2.72. The van der Waals surface area contributed by atoms with Crippen LogP contribution in [0, 0.1) is 0 Å². The molecule has 0 bridgehead atoms. The average molecular weight is 422 g/mol. The number of allylic oxidation sites excluding steroid dienone is 1. The van der Waals surface area contributed by atoms with Crippen LogP contribution in [0.5, 0.6) is 5.75 Å². The van der Waals surface area contributed by atoms with E-state index in [0.717, 1.165) is 16.9 Å². The van der Waals surface area contributed by atoms with Gasteiger partial charge in [0.15, 0.2) is 0 Å². The molecule has 0 amide bonds. The first-order valence-corrected chi connectivity index (χ1v) is 9.11. The van der Waals surface area contributed by atoms with E-state index in [1.807, 2.05) is 84.9 Å². The van der Waals surface area contributed by atoms with Crippen molar-refractivity contribution in [3.05, 3.63) is 120 Å². The third-order valence-corrected chi connectivity index (χ3v) is 4.26. The van der Waals surface area contributed by atoms with E-state index in [4.69, 9.17) is 4.74 Å². The van der Waals surface area contributed by atoms with Gasteiger partial charge in [-0.05, 0) is 0 Å². The van der Waals surface area contributed by atoms with Crippen molar-refractivity contribution in [3.63, 3.8) is 0 Å². The third-order valence-electron chi connectivity index (χ3n) is 4.26. The van der Waals surface area contributed by atoms with Gasteiger partial charge in [0, 0.05) is 17.1 Å². The van der Waals surface area contributed by atoms with E-state index < -0.39 is 0 Å². The summed E-state index contributed by atoms with van der Waals surface area (Å²) in [5.74, 6) is 0.944. The number of carbonyl (C=O) groups excluding carboxylic acids is 1. The molecule has 4 rings (SSSR count). The Morgan fingerprint density at radius 3 is 2.10 bits per heavy atom. The van der Waals surface area contributed by atoms with Crippen molar-refractivity contribution in [1.82, 2.24) is 0 Å². The second-order valence-electron chi connectivity index (χ2n) is 6.18. The number of ether oxygens (including phenoxy) is 1. The van der Waals surface area contributed by atoms with Crippen LogP contribution in [0.4, 0.5) is 0 Å². The Balaban J connectivity index is 0.000000202. The smallest absolute Gasteiger partial charge is 0.104 e. The molecule has 2 nitrogen and oxygen atoms in total. The molecule has 0 saturated carbocycles. The normalized spacial score (nSPS) is 9.97. The van der Waals surface area contributed by atoms with Gasteiger partial charge in [0.05, 0.1) is 7.11 Å². The molecule has 0 aliphatic rings. The van der Waals surface area contributed by atoms with Crippen molar-refractivity contribution < 1.29 is 26.6 Å². The molecular weight excluding hydrogens is 400 g/mol. The summed E-state index contributed by atoms with van der Waals surface area (Å²) >= 11 is 0. The molecule has 152 valence electrons. The van der Waals surface area contributed by atoms with Crippen LogP contribution < -0.4 is 4.74 Å². The van der Waals surface area contributed by atoms with Crippen molar-refractivity contribution >= 4 is 11.9 Å². The van der Waals surface area contributed by atoms with E-state index in [1.165, 1.54) is 11.1 Å². The average Bonchev–Trinajstić information content (AvgIpc) is 3.48. The molecule has 0 aliphatic heterocycles. The van der Waals surface area contributed by atoms with E-state index in [0.29, 0.717) is 0 Å². The minimum atomic E-state index is 0. The summed E-state index contributed by atoms with van der Waals surface area (Å²) in [6, 6.07) is 33.5. The minimum absolute atomic E-state index is 0. The molecule has 0 spiro atoms. The molecule has 29 heavy (non-hydrogen) atoms. The van der Waals surface area contributed by atoms with Gasteiger partial charge >= 0.3 is 0 Å². The predicted molar refractivity (Wildman–Crippen MR) is 116 cm³/mol. The topological polar surface area (TPSA) is 26.3 Å².